The fraction of sp³-hybridized carbons (Fsp3) is 0.250. The van der Waals surface area contributed by atoms with E-state index in [9.17, 15) is 18.3 Å². The van der Waals surface area contributed by atoms with Gasteiger partial charge in [-0.05, 0) is 19.1 Å². The van der Waals surface area contributed by atoms with E-state index in [2.05, 4.69) is 25.0 Å². The molecule has 0 radical (unpaired) electrons. The number of aromatic nitrogens is 4. The van der Waals surface area contributed by atoms with Gasteiger partial charge in [0.1, 0.15) is 23.0 Å². The first kappa shape index (κ1) is 25.1. The maximum atomic E-state index is 14.9. The number of nitrogens with one attached hydrogen (secondary N) is 1. The molecule has 36 heavy (non-hydrogen) atoms. The zero-order valence-corrected chi connectivity index (χ0v) is 19.0. The lowest BCUT2D eigenvalue weighted by Gasteiger charge is -2.35. The minimum absolute atomic E-state index is 0.0727. The first-order valence-corrected chi connectivity index (χ1v) is 10.8. The van der Waals surface area contributed by atoms with Crippen LogP contribution >= 0.6 is 0 Å². The molecule has 5 rings (SSSR count). The van der Waals surface area contributed by atoms with Crippen LogP contribution in [0, 0.1) is 12.7 Å². The Morgan fingerprint density at radius 1 is 1.22 bits per heavy atom. The molecule has 2 aromatic heterocycles. The number of nitrogens with zero attached hydrogens (tertiary/aromatic N) is 4. The fourth-order valence-electron chi connectivity index (χ4n) is 3.93. The topological polar surface area (TPSA) is 122 Å². The van der Waals surface area contributed by atoms with Gasteiger partial charge in [-0.25, -0.2) is 19.3 Å². The van der Waals surface area contributed by atoms with E-state index < -0.39 is 18.0 Å². The second-order valence-electron chi connectivity index (χ2n) is 8.09. The van der Waals surface area contributed by atoms with E-state index in [0.717, 1.165) is 0 Å². The molecule has 0 amide bonds. The Labute approximate surface area is 203 Å². The average molecular weight is 501 g/mol. The predicted molar refractivity (Wildman–Crippen MR) is 123 cm³/mol. The lowest BCUT2D eigenvalue weighted by molar-refractivity contribution is -0.122. The van der Waals surface area contributed by atoms with Gasteiger partial charge >= 0.3 is 6.61 Å². The molecule has 2 aromatic carbocycles. The van der Waals surface area contributed by atoms with Crippen molar-refractivity contribution < 1.29 is 32.9 Å². The smallest absolute Gasteiger partial charge is 0.387 e. The average Bonchev–Trinajstić information content (AvgIpc) is 3.12. The highest BCUT2D eigenvalue weighted by atomic mass is 19.3. The van der Waals surface area contributed by atoms with Gasteiger partial charge in [-0.2, -0.15) is 8.78 Å². The number of β-amino-alcohol motifs (C(OH)–C–C–N with tert-alkyl or cyclic N) is 1. The van der Waals surface area contributed by atoms with Gasteiger partial charge in [-0.15, -0.1) is 0 Å². The second-order valence-corrected chi connectivity index (χ2v) is 8.09. The van der Waals surface area contributed by atoms with Gasteiger partial charge in [0.05, 0.1) is 17.6 Å². The van der Waals surface area contributed by atoms with Crippen LogP contribution in [0.1, 0.15) is 17.2 Å². The van der Waals surface area contributed by atoms with Crippen LogP contribution in [-0.4, -0.2) is 55.9 Å². The lowest BCUT2D eigenvalue weighted by Crippen LogP contribution is -2.57. The van der Waals surface area contributed by atoms with Crippen molar-refractivity contribution in [2.24, 2.45) is 0 Å². The van der Waals surface area contributed by atoms with Gasteiger partial charge in [0.25, 0.3) is 6.47 Å². The van der Waals surface area contributed by atoms with E-state index in [4.69, 9.17) is 9.90 Å². The fourth-order valence-corrected chi connectivity index (χ4v) is 3.93. The number of ether oxygens (including phenoxy) is 1. The number of aryl methyl sites for hydroxylation is 1. The number of hydrogen-bond acceptors (Lipinski definition) is 7. The van der Waals surface area contributed by atoms with Gasteiger partial charge in [0.15, 0.2) is 5.82 Å². The van der Waals surface area contributed by atoms with Crippen molar-refractivity contribution in [3.8, 4) is 16.9 Å². The Kier molecular flexibility index (Phi) is 7.17. The summed E-state index contributed by atoms with van der Waals surface area (Å²) in [5.41, 5.74) is 1.22. The second kappa shape index (κ2) is 10.3. The van der Waals surface area contributed by atoms with Crippen molar-refractivity contribution in [2.75, 3.05) is 13.1 Å². The van der Waals surface area contributed by atoms with E-state index in [1.54, 1.807) is 31.2 Å². The van der Waals surface area contributed by atoms with Crippen molar-refractivity contribution >= 4 is 17.5 Å². The molecule has 0 saturated carbocycles. The summed E-state index contributed by atoms with van der Waals surface area (Å²) < 4.78 is 47.0. The third-order valence-electron chi connectivity index (χ3n) is 5.76. The molecule has 0 aliphatic carbocycles. The predicted octanol–water partition coefficient (Wildman–Crippen LogP) is 3.08. The monoisotopic (exact) mass is 501 g/mol. The zero-order valence-electron chi connectivity index (χ0n) is 19.0. The van der Waals surface area contributed by atoms with Gasteiger partial charge in [-0.3, -0.25) is 4.79 Å². The summed E-state index contributed by atoms with van der Waals surface area (Å²) in [6.07, 6.45) is 2.95. The third kappa shape index (κ3) is 4.99. The number of carboxylic acid groups (broad SMARTS) is 1. The molecule has 4 aromatic rings. The molecule has 1 saturated heterocycles. The van der Waals surface area contributed by atoms with Gasteiger partial charge in [0, 0.05) is 48.2 Å². The largest absolute Gasteiger partial charge is 0.483 e. The number of fused-ring (bicyclic) bond motifs is 1. The molecule has 3 N–H and O–H groups in total. The molecular formula is C24H22F3N5O4. The lowest BCUT2D eigenvalue weighted by atomic mass is 9.96. The highest BCUT2D eigenvalue weighted by molar-refractivity contribution is 5.83. The quantitative estimate of drug-likeness (QED) is 0.345. The number of hydrogen-bond donors (Lipinski definition) is 3. The summed E-state index contributed by atoms with van der Waals surface area (Å²) in [6, 6.07) is 9.49. The molecule has 9 nitrogen and oxygen atoms in total. The van der Waals surface area contributed by atoms with Crippen LogP contribution in [0.2, 0.25) is 0 Å². The molecule has 0 atom stereocenters. The number of para-hydroxylation sites is 1. The van der Waals surface area contributed by atoms with Crippen molar-refractivity contribution in [3.05, 3.63) is 71.8 Å². The van der Waals surface area contributed by atoms with Gasteiger partial charge in [-0.1, -0.05) is 18.2 Å². The Hall–Kier alpha value is -4.03. The maximum Gasteiger partial charge on any atom is 0.387 e. The molecule has 1 aliphatic heterocycles. The minimum Gasteiger partial charge on any atom is -0.483 e. The Balaban J connectivity index is 0.000000967. The van der Waals surface area contributed by atoms with Crippen molar-refractivity contribution in [1.82, 2.24) is 24.8 Å². The van der Waals surface area contributed by atoms with Crippen LogP contribution in [0.5, 0.6) is 5.75 Å². The van der Waals surface area contributed by atoms with Crippen LogP contribution < -0.4 is 10.1 Å². The number of halogens is 3. The molecular weight excluding hydrogens is 479 g/mol. The number of carbonyl (C=O) groups is 1. The molecule has 1 fully saturated rings. The summed E-state index contributed by atoms with van der Waals surface area (Å²) >= 11 is 0. The number of aliphatic hydroxyl groups is 1. The Bertz CT molecular complexity index is 1370. The SMILES string of the molecule is Cc1nc2cc(F)c(-c3cnc(C4(O)CNC4)nc3)cc2n1Cc1ccccc1OC(F)F.O=CO. The Morgan fingerprint density at radius 3 is 2.50 bits per heavy atom. The van der Waals surface area contributed by atoms with Crippen molar-refractivity contribution in [3.63, 3.8) is 0 Å². The summed E-state index contributed by atoms with van der Waals surface area (Å²) in [5.74, 6) is 0.458. The molecule has 1 aliphatic rings. The van der Waals surface area contributed by atoms with Crippen LogP contribution in [0.15, 0.2) is 48.8 Å². The highest BCUT2D eigenvalue weighted by Crippen LogP contribution is 2.30. The minimum atomic E-state index is -2.94. The zero-order chi connectivity index (χ0) is 25.9. The normalized spacial score (nSPS) is 14.2. The number of alkyl halides is 2. The van der Waals surface area contributed by atoms with E-state index in [-0.39, 0.29) is 30.2 Å². The van der Waals surface area contributed by atoms with E-state index in [0.29, 0.717) is 41.1 Å². The van der Waals surface area contributed by atoms with E-state index >= 15 is 0 Å². The van der Waals surface area contributed by atoms with Gasteiger partial charge < -0.3 is 24.8 Å². The summed E-state index contributed by atoms with van der Waals surface area (Å²) in [4.78, 5) is 21.2. The van der Waals surface area contributed by atoms with Crippen LogP contribution in [0.3, 0.4) is 0 Å². The van der Waals surface area contributed by atoms with Crippen LogP contribution in [0.4, 0.5) is 13.2 Å². The summed E-state index contributed by atoms with van der Waals surface area (Å²) in [5, 5.41) is 20.2. The van der Waals surface area contributed by atoms with E-state index in [1.165, 1.54) is 24.5 Å². The summed E-state index contributed by atoms with van der Waals surface area (Å²) in [6.45, 7) is -0.487. The molecule has 0 spiro atoms. The van der Waals surface area contributed by atoms with Crippen LogP contribution in [-0.2, 0) is 16.9 Å². The maximum absolute atomic E-state index is 14.9. The number of benzene rings is 2. The highest BCUT2D eigenvalue weighted by Gasteiger charge is 2.39. The Morgan fingerprint density at radius 2 is 1.89 bits per heavy atom. The molecule has 0 unspecified atom stereocenters. The van der Waals surface area contributed by atoms with Crippen molar-refractivity contribution in [2.45, 2.75) is 25.7 Å². The molecule has 188 valence electrons. The van der Waals surface area contributed by atoms with Crippen LogP contribution in [0.25, 0.3) is 22.2 Å². The number of rotatable bonds is 6. The number of imidazole rings is 1. The van der Waals surface area contributed by atoms with Crippen molar-refractivity contribution in [1.29, 1.82) is 0 Å². The van der Waals surface area contributed by atoms with E-state index in [1.807, 2.05) is 4.57 Å². The summed E-state index contributed by atoms with van der Waals surface area (Å²) in [7, 11) is 0. The molecule has 0 bridgehead atoms. The molecule has 3 heterocycles. The first-order chi connectivity index (χ1) is 17.3. The third-order valence-corrected chi connectivity index (χ3v) is 5.76. The first-order valence-electron chi connectivity index (χ1n) is 10.8. The standard InChI is InChI=1S/C23H20F3N5O2.CH2O2/c1-13-30-18-7-17(24)16(15-8-28-21(29-9-15)23(32)11-27-12-23)6-19(18)31(13)10-14-4-2-3-5-20(14)33-22(25)26;2-1-3/h2-9,22,27,32H,10-12H2,1H3;1H,(H,2,3). The molecule has 12 heteroatoms. The van der Waals surface area contributed by atoms with Gasteiger partial charge in [0.2, 0.25) is 0 Å².